The quantitative estimate of drug-likeness (QED) is 0.525. The van der Waals surface area contributed by atoms with Crippen molar-refractivity contribution >= 4 is 23.1 Å². The molecule has 1 saturated heterocycles. The molecule has 0 bridgehead atoms. The minimum atomic E-state index is -0.479. The number of benzene rings is 1. The van der Waals surface area contributed by atoms with Crippen LogP contribution in [0, 0.1) is 12.7 Å². The van der Waals surface area contributed by atoms with Crippen LogP contribution in [-0.4, -0.2) is 40.0 Å². The number of nitrogen functional groups attached to an aromatic ring is 1. The lowest BCUT2D eigenvalue weighted by Crippen LogP contribution is -2.43. The molecule has 9 heteroatoms. The summed E-state index contributed by atoms with van der Waals surface area (Å²) in [6.45, 7) is 3.06. The van der Waals surface area contributed by atoms with Gasteiger partial charge in [0.05, 0.1) is 23.3 Å². The first-order valence-electron chi connectivity index (χ1n) is 9.81. The summed E-state index contributed by atoms with van der Waals surface area (Å²) in [5, 5.41) is 2.77. The summed E-state index contributed by atoms with van der Waals surface area (Å²) in [6.07, 6.45) is 3.29. The molecule has 1 fully saturated rings. The van der Waals surface area contributed by atoms with E-state index in [-0.39, 0.29) is 11.9 Å². The van der Waals surface area contributed by atoms with Gasteiger partial charge in [0, 0.05) is 30.4 Å². The highest BCUT2D eigenvalue weighted by atomic mass is 19.1. The molecule has 0 unspecified atom stereocenters. The summed E-state index contributed by atoms with van der Waals surface area (Å²) in [4.78, 5) is 26.0. The fraction of sp³-hybridized carbons (Fsp3) is 0.286. The molecule has 8 nitrogen and oxygen atoms in total. The predicted molar refractivity (Wildman–Crippen MR) is 115 cm³/mol. The second-order valence-corrected chi connectivity index (χ2v) is 7.47. The Morgan fingerprint density at radius 2 is 2.17 bits per heavy atom. The summed E-state index contributed by atoms with van der Waals surface area (Å²) in [6, 6.07) is 8.23. The second kappa shape index (κ2) is 8.11. The fourth-order valence-corrected chi connectivity index (χ4v) is 3.71. The number of nitrogens with two attached hydrogens (primary N) is 2. The highest BCUT2D eigenvalue weighted by Gasteiger charge is 2.23. The van der Waals surface area contributed by atoms with Gasteiger partial charge in [0.25, 0.3) is 5.91 Å². The van der Waals surface area contributed by atoms with Crippen molar-refractivity contribution in [2.75, 3.05) is 29.0 Å². The molecule has 3 heterocycles. The maximum atomic E-state index is 14.6. The van der Waals surface area contributed by atoms with Crippen molar-refractivity contribution in [2.45, 2.75) is 25.8 Å². The molecule has 4 rings (SSSR count). The Kier molecular flexibility index (Phi) is 5.37. The van der Waals surface area contributed by atoms with E-state index >= 15 is 0 Å². The molecule has 0 spiro atoms. The Labute approximate surface area is 173 Å². The van der Waals surface area contributed by atoms with Gasteiger partial charge in [-0.2, -0.15) is 0 Å². The summed E-state index contributed by atoms with van der Waals surface area (Å²) < 4.78 is 14.6. The number of hydrogen-bond acceptors (Lipinski definition) is 6. The number of aromatic nitrogens is 3. The van der Waals surface area contributed by atoms with Gasteiger partial charge in [0.1, 0.15) is 11.6 Å². The third-order valence-electron chi connectivity index (χ3n) is 5.15. The Morgan fingerprint density at radius 1 is 1.33 bits per heavy atom. The Hall–Kier alpha value is -3.46. The largest absolute Gasteiger partial charge is 0.383 e. The van der Waals surface area contributed by atoms with Crippen molar-refractivity contribution in [3.8, 4) is 11.3 Å². The molecule has 1 aliphatic rings. The number of piperidine rings is 1. The van der Waals surface area contributed by atoms with Crippen LogP contribution in [0.4, 0.5) is 21.6 Å². The molecule has 0 saturated carbocycles. The number of amides is 1. The number of imidazole rings is 1. The number of aryl methyl sites for hydroxylation is 1. The Morgan fingerprint density at radius 3 is 2.93 bits per heavy atom. The highest BCUT2D eigenvalue weighted by Crippen LogP contribution is 2.31. The average Bonchev–Trinajstić information content (AvgIpc) is 3.18. The summed E-state index contributed by atoms with van der Waals surface area (Å²) in [7, 11) is 0. The number of hydrogen-bond donors (Lipinski definition) is 4. The molecule has 1 amide bonds. The van der Waals surface area contributed by atoms with Crippen LogP contribution < -0.4 is 21.7 Å². The van der Waals surface area contributed by atoms with E-state index in [0.29, 0.717) is 41.5 Å². The molecule has 2 aromatic heterocycles. The molecule has 156 valence electrons. The van der Waals surface area contributed by atoms with Gasteiger partial charge in [-0.15, -0.1) is 0 Å². The van der Waals surface area contributed by atoms with Crippen LogP contribution in [0.25, 0.3) is 11.3 Å². The number of pyridine rings is 1. The second-order valence-electron chi connectivity index (χ2n) is 7.47. The van der Waals surface area contributed by atoms with Crippen LogP contribution in [0.5, 0.6) is 0 Å². The molecule has 1 aliphatic heterocycles. The summed E-state index contributed by atoms with van der Waals surface area (Å²) in [5.41, 5.74) is 14.8. The zero-order valence-corrected chi connectivity index (χ0v) is 16.7. The number of carbonyl (C=O) groups excluding carboxylic acids is 1. The minimum absolute atomic E-state index is 0.0249. The van der Waals surface area contributed by atoms with E-state index in [4.69, 9.17) is 11.5 Å². The van der Waals surface area contributed by atoms with Crippen LogP contribution in [-0.2, 0) is 0 Å². The Bertz CT molecular complexity index is 1080. The van der Waals surface area contributed by atoms with Crippen molar-refractivity contribution < 1.29 is 9.18 Å². The number of H-pyrrole nitrogens is 1. The van der Waals surface area contributed by atoms with Gasteiger partial charge >= 0.3 is 0 Å². The van der Waals surface area contributed by atoms with Crippen LogP contribution >= 0.6 is 0 Å². The number of para-hydroxylation sites is 1. The molecule has 30 heavy (non-hydrogen) atoms. The number of rotatable bonds is 4. The normalized spacial score (nSPS) is 16.5. The zero-order chi connectivity index (χ0) is 21.3. The van der Waals surface area contributed by atoms with Crippen LogP contribution in [0.15, 0.2) is 36.5 Å². The Balaban J connectivity index is 1.58. The fourth-order valence-electron chi connectivity index (χ4n) is 3.71. The number of nitrogens with zero attached hydrogens (tertiary/aromatic N) is 3. The van der Waals surface area contributed by atoms with Crippen molar-refractivity contribution in [1.82, 2.24) is 15.0 Å². The highest BCUT2D eigenvalue weighted by molar-refractivity contribution is 6.04. The first kappa shape index (κ1) is 19.8. The number of halogens is 1. The number of nitrogens with one attached hydrogen (secondary N) is 2. The lowest BCUT2D eigenvalue weighted by atomic mass is 10.1. The van der Waals surface area contributed by atoms with Gasteiger partial charge in [-0.1, -0.05) is 6.07 Å². The molecular formula is C21H24FN7O. The van der Waals surface area contributed by atoms with E-state index in [0.717, 1.165) is 18.5 Å². The van der Waals surface area contributed by atoms with E-state index in [1.54, 1.807) is 12.1 Å². The van der Waals surface area contributed by atoms with Gasteiger partial charge in [0.15, 0.2) is 5.82 Å². The van der Waals surface area contributed by atoms with Crippen LogP contribution in [0.1, 0.15) is 29.2 Å². The summed E-state index contributed by atoms with van der Waals surface area (Å²) in [5.74, 6) is -0.441. The molecule has 1 aromatic carbocycles. The maximum absolute atomic E-state index is 14.6. The molecule has 3 aromatic rings. The molecule has 1 atom stereocenters. The van der Waals surface area contributed by atoms with Crippen molar-refractivity contribution in [3.63, 3.8) is 0 Å². The van der Waals surface area contributed by atoms with E-state index < -0.39 is 11.7 Å². The van der Waals surface area contributed by atoms with E-state index in [2.05, 4.69) is 20.3 Å². The first-order chi connectivity index (χ1) is 14.4. The van der Waals surface area contributed by atoms with Gasteiger partial charge in [0.2, 0.25) is 0 Å². The van der Waals surface area contributed by atoms with Gasteiger partial charge in [-0.05, 0) is 44.0 Å². The summed E-state index contributed by atoms with van der Waals surface area (Å²) >= 11 is 0. The third-order valence-corrected chi connectivity index (χ3v) is 5.15. The van der Waals surface area contributed by atoms with Crippen LogP contribution in [0.2, 0.25) is 0 Å². The lowest BCUT2D eigenvalue weighted by Gasteiger charge is -2.34. The number of anilines is 3. The van der Waals surface area contributed by atoms with E-state index in [1.165, 1.54) is 12.3 Å². The molecule has 0 aliphatic carbocycles. The van der Waals surface area contributed by atoms with Crippen molar-refractivity contribution in [1.29, 1.82) is 0 Å². The van der Waals surface area contributed by atoms with Gasteiger partial charge in [-0.3, -0.25) is 4.79 Å². The van der Waals surface area contributed by atoms with Gasteiger partial charge < -0.3 is 26.7 Å². The van der Waals surface area contributed by atoms with Crippen molar-refractivity contribution in [3.05, 3.63) is 53.9 Å². The lowest BCUT2D eigenvalue weighted by molar-refractivity contribution is 0.101. The van der Waals surface area contributed by atoms with E-state index in [1.807, 2.05) is 24.0 Å². The average molecular weight is 409 g/mol. The van der Waals surface area contributed by atoms with Gasteiger partial charge in [-0.25, -0.2) is 14.4 Å². The zero-order valence-electron chi connectivity index (χ0n) is 16.7. The molecule has 6 N–H and O–H groups in total. The van der Waals surface area contributed by atoms with Crippen LogP contribution in [0.3, 0.4) is 0 Å². The van der Waals surface area contributed by atoms with Crippen molar-refractivity contribution in [2.24, 2.45) is 5.73 Å². The monoisotopic (exact) mass is 409 g/mol. The molecule has 0 radical (unpaired) electrons. The number of carbonyl (C=O) groups is 1. The molecular weight excluding hydrogens is 385 g/mol. The van der Waals surface area contributed by atoms with E-state index in [9.17, 15) is 9.18 Å². The standard InChI is InChI=1S/C21H24FN7O/c1-12-7-8-14(19(24)26-12)17-10-25-20(27-17)21(30)28-16-6-2-5-15(22)18(16)29-9-3-4-13(23)11-29/h2,5-8,10,13H,3-4,9,11,23H2,1H3,(H2,24,26)(H,25,27)(H,28,30)/t13-/m1/s1. The first-order valence-corrected chi connectivity index (χ1v) is 9.81. The smallest absolute Gasteiger partial charge is 0.291 e. The maximum Gasteiger partial charge on any atom is 0.291 e. The number of aromatic amines is 1. The predicted octanol–water partition coefficient (Wildman–Crippen LogP) is 2.68. The topological polar surface area (TPSA) is 126 Å². The third kappa shape index (κ3) is 3.97. The minimum Gasteiger partial charge on any atom is -0.383 e. The SMILES string of the molecule is Cc1ccc(-c2cnc(C(=O)Nc3cccc(F)c3N3CCC[C@@H](N)C3)[nH]2)c(N)n1.